The molecule has 0 aliphatic rings. The predicted molar refractivity (Wildman–Crippen MR) is 418 cm³/mol. The number of hydrogen-bond donors (Lipinski definition) is 3. The number of hydrogen-bond acceptors (Lipinski definition) is 15. The number of allylic oxidation sites excluding steroid dienone is 4. The number of rotatable bonds is 79. The highest BCUT2D eigenvalue weighted by molar-refractivity contribution is 7.47. The molecule has 3 unspecified atom stereocenters. The van der Waals surface area contributed by atoms with E-state index in [0.29, 0.717) is 25.7 Å². The van der Waals surface area contributed by atoms with Gasteiger partial charge in [-0.3, -0.25) is 37.3 Å². The van der Waals surface area contributed by atoms with Crippen LogP contribution in [0.15, 0.2) is 24.3 Å². The Balaban J connectivity index is 5.28. The molecule has 0 aromatic heterocycles. The highest BCUT2D eigenvalue weighted by Gasteiger charge is 2.30. The summed E-state index contributed by atoms with van der Waals surface area (Å²) in [5.41, 5.74) is 0. The summed E-state index contributed by atoms with van der Waals surface area (Å²) in [6, 6.07) is 0. The molecule has 0 fully saturated rings. The first kappa shape index (κ1) is 99.5. The summed E-state index contributed by atoms with van der Waals surface area (Å²) in [5, 5.41) is 10.7. The van der Waals surface area contributed by atoms with Crippen LogP contribution in [-0.4, -0.2) is 96.7 Å². The van der Waals surface area contributed by atoms with Gasteiger partial charge in [0, 0.05) is 25.7 Å². The molecule has 6 atom stereocenters. The normalized spacial score (nSPS) is 14.4. The molecular formula is C83H158O17P2. The zero-order chi connectivity index (χ0) is 75.1. The number of aliphatic hydroxyl groups is 1. The third kappa shape index (κ3) is 74.4. The van der Waals surface area contributed by atoms with Crippen LogP contribution in [-0.2, 0) is 65.4 Å². The fraction of sp³-hybridized carbons (Fsp3) is 0.904. The van der Waals surface area contributed by atoms with Gasteiger partial charge in [0.05, 0.1) is 26.4 Å². The van der Waals surface area contributed by atoms with Gasteiger partial charge in [0.1, 0.15) is 19.3 Å². The van der Waals surface area contributed by atoms with Crippen LogP contribution >= 0.6 is 15.6 Å². The fourth-order valence-corrected chi connectivity index (χ4v) is 13.8. The molecule has 17 nitrogen and oxygen atoms in total. The van der Waals surface area contributed by atoms with Crippen LogP contribution in [0.4, 0.5) is 0 Å². The predicted octanol–water partition coefficient (Wildman–Crippen LogP) is 24.5. The van der Waals surface area contributed by atoms with Crippen LogP contribution in [0.2, 0.25) is 0 Å². The lowest BCUT2D eigenvalue weighted by atomic mass is 9.99. The van der Waals surface area contributed by atoms with Gasteiger partial charge in [0.25, 0.3) is 0 Å². The minimum Gasteiger partial charge on any atom is -0.462 e. The van der Waals surface area contributed by atoms with Crippen molar-refractivity contribution >= 4 is 39.5 Å². The monoisotopic (exact) mass is 1490 g/mol. The molecular weight excluding hydrogens is 1330 g/mol. The number of ether oxygens (including phenoxy) is 4. The zero-order valence-corrected chi connectivity index (χ0v) is 68.4. The van der Waals surface area contributed by atoms with Gasteiger partial charge in [-0.1, -0.05) is 355 Å². The molecule has 0 radical (unpaired) electrons. The Kier molecular flexibility index (Phi) is 71.0. The van der Waals surface area contributed by atoms with Crippen molar-refractivity contribution in [2.45, 2.75) is 426 Å². The Hall–Kier alpha value is -2.46. The lowest BCUT2D eigenvalue weighted by Crippen LogP contribution is -2.30. The van der Waals surface area contributed by atoms with Gasteiger partial charge in [-0.25, -0.2) is 9.13 Å². The van der Waals surface area contributed by atoms with Crippen LogP contribution < -0.4 is 0 Å². The molecule has 0 aromatic carbocycles. The molecule has 0 bridgehead atoms. The minimum atomic E-state index is -4.97. The molecule has 3 N–H and O–H groups in total. The van der Waals surface area contributed by atoms with E-state index in [2.05, 4.69) is 72.8 Å². The van der Waals surface area contributed by atoms with Crippen molar-refractivity contribution in [2.75, 3.05) is 39.6 Å². The molecule has 0 rings (SSSR count). The maximum Gasteiger partial charge on any atom is 0.472 e. The zero-order valence-electron chi connectivity index (χ0n) is 66.6. The van der Waals surface area contributed by atoms with Gasteiger partial charge in [0.2, 0.25) is 0 Å². The number of phosphoric ester groups is 2. The molecule has 0 heterocycles. The van der Waals surface area contributed by atoms with Crippen LogP contribution in [0.3, 0.4) is 0 Å². The summed E-state index contributed by atoms with van der Waals surface area (Å²) in [5.74, 6) is 0.223. The van der Waals surface area contributed by atoms with E-state index >= 15 is 0 Å². The molecule has 602 valence electrons. The van der Waals surface area contributed by atoms with Gasteiger partial charge in [-0.05, 0) is 69.1 Å². The lowest BCUT2D eigenvalue weighted by molar-refractivity contribution is -0.161. The first-order valence-electron chi connectivity index (χ1n) is 42.2. The lowest BCUT2D eigenvalue weighted by Gasteiger charge is -2.21. The Morgan fingerprint density at radius 3 is 0.873 bits per heavy atom. The van der Waals surface area contributed by atoms with Crippen molar-refractivity contribution in [1.29, 1.82) is 0 Å². The van der Waals surface area contributed by atoms with Crippen molar-refractivity contribution in [2.24, 2.45) is 17.8 Å². The van der Waals surface area contributed by atoms with E-state index in [-0.39, 0.29) is 25.7 Å². The van der Waals surface area contributed by atoms with Crippen LogP contribution in [0.5, 0.6) is 0 Å². The Bertz CT molecular complexity index is 2070. The van der Waals surface area contributed by atoms with E-state index in [0.717, 1.165) is 127 Å². The second-order valence-corrected chi connectivity index (χ2v) is 33.3. The van der Waals surface area contributed by atoms with Crippen LogP contribution in [0.1, 0.15) is 408 Å². The summed E-state index contributed by atoms with van der Waals surface area (Å²) in [4.78, 5) is 73.1. The quantitative estimate of drug-likeness (QED) is 0.0169. The van der Waals surface area contributed by atoms with E-state index < -0.39 is 97.5 Å². The van der Waals surface area contributed by atoms with Crippen molar-refractivity contribution in [1.82, 2.24) is 0 Å². The third-order valence-corrected chi connectivity index (χ3v) is 21.0. The number of carbonyl (C=O) groups is 4. The van der Waals surface area contributed by atoms with Crippen molar-refractivity contribution in [3.05, 3.63) is 24.3 Å². The Morgan fingerprint density at radius 1 is 0.324 bits per heavy atom. The maximum absolute atomic E-state index is 13.1. The molecule has 0 amide bonds. The van der Waals surface area contributed by atoms with Crippen molar-refractivity contribution in [3.63, 3.8) is 0 Å². The number of aliphatic hydroxyl groups excluding tert-OH is 1. The SMILES string of the molecule is CCCCCC/C=C\C=C/CCCCCCCC(=O)OC[C@H](COP(=O)(O)OC[C@@H](O)COP(=O)(O)OC[C@@H](COC(=O)CCCCCCCCCCCC(C)C)OC(=O)CCCCCCCCCCCCC(C)CC)OC(=O)CCCCCCCCCCCCCCCCCCCCC(C)C. The number of carbonyl (C=O) groups excluding carboxylic acids is 4. The van der Waals surface area contributed by atoms with Crippen molar-refractivity contribution in [3.8, 4) is 0 Å². The first-order chi connectivity index (χ1) is 49.3. The smallest absolute Gasteiger partial charge is 0.462 e. The third-order valence-electron chi connectivity index (χ3n) is 19.1. The highest BCUT2D eigenvalue weighted by Crippen LogP contribution is 2.45. The molecule has 0 saturated carbocycles. The standard InChI is InChI=1S/C83H158O17P2/c1-8-10-11-12-13-14-15-16-21-25-28-36-43-50-57-64-80(85)93-70-78(99-82(87)66-59-52-45-37-29-26-23-20-18-17-19-22-24-27-33-40-47-54-61-74(3)4)72-97-101(89,90)95-68-77(84)69-96-102(91,92)98-73-79(71-94-81(86)65-58-51-44-39-32-34-41-48-55-62-75(5)6)100-83(88)67-60-53-46-38-31-30-35-42-49-56-63-76(7)9-2/h14-16,21,74-79,84H,8-13,17-20,22-73H2,1-7H3,(H,89,90)(H,91,92)/b15-14-,21-16-/t76?,77-,78-,79-/m1/s1. The van der Waals surface area contributed by atoms with E-state index in [4.69, 9.17) is 37.0 Å². The molecule has 0 aliphatic carbocycles. The average molecular weight is 1490 g/mol. The topological polar surface area (TPSA) is 237 Å². The van der Waals surface area contributed by atoms with Gasteiger partial charge < -0.3 is 33.8 Å². The number of phosphoric acid groups is 2. The maximum atomic E-state index is 13.1. The number of unbranched alkanes of at least 4 members (excludes halogenated alkanes) is 43. The molecule has 19 heteroatoms. The molecule has 0 aliphatic heterocycles. The van der Waals surface area contributed by atoms with Crippen molar-refractivity contribution < 1.29 is 80.2 Å². The van der Waals surface area contributed by atoms with E-state index in [1.54, 1.807) is 0 Å². The van der Waals surface area contributed by atoms with E-state index in [9.17, 15) is 43.2 Å². The summed E-state index contributed by atoms with van der Waals surface area (Å²) >= 11 is 0. The molecule has 102 heavy (non-hydrogen) atoms. The molecule has 0 spiro atoms. The van der Waals surface area contributed by atoms with Crippen LogP contribution in [0.25, 0.3) is 0 Å². The van der Waals surface area contributed by atoms with Crippen LogP contribution in [0, 0.1) is 17.8 Å². The Labute approximate surface area is 624 Å². The number of esters is 4. The summed E-state index contributed by atoms with van der Waals surface area (Å²) in [7, 11) is -9.94. The Morgan fingerprint density at radius 2 is 0.578 bits per heavy atom. The fourth-order valence-electron chi connectivity index (χ4n) is 12.3. The first-order valence-corrected chi connectivity index (χ1v) is 45.2. The summed E-state index contributed by atoms with van der Waals surface area (Å²) in [6.45, 7) is 11.9. The second kappa shape index (κ2) is 72.7. The average Bonchev–Trinajstić information content (AvgIpc) is 0.914. The molecule has 0 saturated heterocycles. The van der Waals surface area contributed by atoms with Gasteiger partial charge in [-0.2, -0.15) is 0 Å². The minimum absolute atomic E-state index is 0.101. The largest absolute Gasteiger partial charge is 0.472 e. The van der Waals surface area contributed by atoms with E-state index in [1.165, 1.54) is 199 Å². The van der Waals surface area contributed by atoms with Gasteiger partial charge in [-0.15, -0.1) is 0 Å². The second-order valence-electron chi connectivity index (χ2n) is 30.4. The van der Waals surface area contributed by atoms with E-state index in [1.807, 2.05) is 0 Å². The highest BCUT2D eigenvalue weighted by atomic mass is 31.2. The summed E-state index contributed by atoms with van der Waals surface area (Å²) in [6.07, 6.45) is 64.6. The van der Waals surface area contributed by atoms with Gasteiger partial charge in [0.15, 0.2) is 12.2 Å². The molecule has 0 aromatic rings. The summed E-state index contributed by atoms with van der Waals surface area (Å²) < 4.78 is 68.7. The van der Waals surface area contributed by atoms with Gasteiger partial charge >= 0.3 is 39.5 Å².